The number of para-hydroxylation sites is 1. The number of carbonyl (C=O) groups is 1. The largest absolute Gasteiger partial charge is 0.482 e. The highest BCUT2D eigenvalue weighted by Gasteiger charge is 2.29. The fraction of sp³-hybridized carbons (Fsp3) is 0.211. The van der Waals surface area contributed by atoms with E-state index in [1.165, 1.54) is 23.1 Å². The average Bonchev–Trinajstić information content (AvgIpc) is 3.18. The molecule has 150 valence electrons. The van der Waals surface area contributed by atoms with Crippen LogP contribution in [0.5, 0.6) is 5.75 Å². The fourth-order valence-electron chi connectivity index (χ4n) is 2.88. The Labute approximate surface area is 167 Å². The predicted octanol–water partition coefficient (Wildman–Crippen LogP) is 2.36. The van der Waals surface area contributed by atoms with Crippen LogP contribution in [0.1, 0.15) is 18.6 Å². The molecular formula is C19H18N4O5S. The summed E-state index contributed by atoms with van der Waals surface area (Å²) in [5.41, 5.74) is 0.772. The Morgan fingerprint density at radius 3 is 2.69 bits per heavy atom. The van der Waals surface area contributed by atoms with Gasteiger partial charge in [-0.2, -0.15) is 4.98 Å². The molecule has 0 atom stereocenters. The molecule has 2 heterocycles. The maximum absolute atomic E-state index is 12.8. The summed E-state index contributed by atoms with van der Waals surface area (Å²) in [6, 6.07) is 12.9. The van der Waals surface area contributed by atoms with Gasteiger partial charge in [0.25, 0.3) is 15.9 Å². The number of aromatic nitrogens is 2. The minimum atomic E-state index is -3.85. The molecule has 0 unspecified atom stereocenters. The van der Waals surface area contributed by atoms with E-state index >= 15 is 0 Å². The van der Waals surface area contributed by atoms with E-state index in [9.17, 15) is 13.2 Å². The zero-order valence-corrected chi connectivity index (χ0v) is 16.3. The van der Waals surface area contributed by atoms with E-state index in [0.29, 0.717) is 35.3 Å². The molecule has 1 aliphatic heterocycles. The van der Waals surface area contributed by atoms with Gasteiger partial charge in [0.1, 0.15) is 5.75 Å². The molecule has 1 aromatic heterocycles. The zero-order valence-electron chi connectivity index (χ0n) is 15.5. The topological polar surface area (TPSA) is 115 Å². The lowest BCUT2D eigenvalue weighted by Gasteiger charge is -2.28. The fourth-order valence-corrected chi connectivity index (χ4v) is 3.96. The van der Waals surface area contributed by atoms with Crippen molar-refractivity contribution in [2.75, 3.05) is 16.2 Å². The average molecular weight is 414 g/mol. The molecule has 1 N–H and O–H groups in total. The lowest BCUT2D eigenvalue weighted by molar-refractivity contribution is -0.121. The number of sulfonamides is 1. The van der Waals surface area contributed by atoms with Crippen molar-refractivity contribution in [2.45, 2.75) is 24.8 Å². The number of carbonyl (C=O) groups excluding carboxylic acids is 1. The molecule has 0 aliphatic carbocycles. The smallest absolute Gasteiger partial charge is 0.265 e. The second kappa shape index (κ2) is 7.55. The molecule has 0 bridgehead atoms. The highest BCUT2D eigenvalue weighted by atomic mass is 32.2. The van der Waals surface area contributed by atoms with Gasteiger partial charge in [-0.1, -0.05) is 30.3 Å². The van der Waals surface area contributed by atoms with Crippen LogP contribution in [-0.2, 0) is 27.8 Å². The van der Waals surface area contributed by atoms with Crippen LogP contribution in [-0.4, -0.2) is 31.1 Å². The summed E-state index contributed by atoms with van der Waals surface area (Å²) in [6.07, 6.45) is 0.578. The van der Waals surface area contributed by atoms with Crippen LogP contribution in [0.2, 0.25) is 0 Å². The third-order valence-corrected chi connectivity index (χ3v) is 5.70. The van der Waals surface area contributed by atoms with Crippen LogP contribution in [0, 0.1) is 0 Å². The molecule has 0 spiro atoms. The minimum absolute atomic E-state index is 0.00534. The molecule has 1 amide bonds. The van der Waals surface area contributed by atoms with Crippen molar-refractivity contribution in [3.05, 3.63) is 60.2 Å². The van der Waals surface area contributed by atoms with Gasteiger partial charge in [-0.15, -0.1) is 0 Å². The number of hydrogen-bond donors (Lipinski definition) is 1. The maximum Gasteiger partial charge on any atom is 0.265 e. The van der Waals surface area contributed by atoms with E-state index < -0.39 is 10.0 Å². The number of amides is 1. The summed E-state index contributed by atoms with van der Waals surface area (Å²) < 4.78 is 38.6. The first-order valence-corrected chi connectivity index (χ1v) is 10.4. The van der Waals surface area contributed by atoms with Gasteiger partial charge in [0, 0.05) is 12.1 Å². The van der Waals surface area contributed by atoms with Crippen molar-refractivity contribution in [1.29, 1.82) is 0 Å². The number of aryl methyl sites for hydroxylation is 1. The Kier molecular flexibility index (Phi) is 4.93. The van der Waals surface area contributed by atoms with E-state index in [2.05, 4.69) is 14.9 Å². The van der Waals surface area contributed by atoms with Gasteiger partial charge < -0.3 is 9.26 Å². The summed E-state index contributed by atoms with van der Waals surface area (Å²) in [6.45, 7) is 1.78. The molecule has 0 radical (unpaired) electrons. The number of ether oxygens (including phenoxy) is 1. The quantitative estimate of drug-likeness (QED) is 0.658. The van der Waals surface area contributed by atoms with Crippen LogP contribution in [0.25, 0.3) is 0 Å². The molecule has 1 aliphatic rings. The number of rotatable bonds is 6. The lowest BCUT2D eigenvalue weighted by atomic mass is 10.2. The highest BCUT2D eigenvalue weighted by Crippen LogP contribution is 2.35. The molecule has 0 fully saturated rings. The Morgan fingerprint density at radius 2 is 1.97 bits per heavy atom. The molecule has 29 heavy (non-hydrogen) atoms. The number of anilines is 2. The molecule has 0 saturated carbocycles. The monoisotopic (exact) mass is 414 g/mol. The Morgan fingerprint density at radius 1 is 1.17 bits per heavy atom. The lowest BCUT2D eigenvalue weighted by Crippen LogP contribution is -2.38. The first-order valence-electron chi connectivity index (χ1n) is 8.93. The number of nitrogens with one attached hydrogen (secondary N) is 1. The second-order valence-corrected chi connectivity index (χ2v) is 8.01. The van der Waals surface area contributed by atoms with E-state index in [1.807, 2.05) is 6.92 Å². The van der Waals surface area contributed by atoms with Gasteiger partial charge in [0.15, 0.2) is 12.4 Å². The SMILES string of the molecule is CCc1nc(CN2C(=O)COc3ccc(S(=O)(=O)Nc4ccccc4)cc32)no1. The van der Waals surface area contributed by atoms with Crippen molar-refractivity contribution in [3.8, 4) is 5.75 Å². The molecule has 2 aromatic carbocycles. The van der Waals surface area contributed by atoms with Gasteiger partial charge in [-0.25, -0.2) is 8.42 Å². The first-order chi connectivity index (χ1) is 14.0. The molecule has 3 aromatic rings. The number of hydrogen-bond acceptors (Lipinski definition) is 7. The number of fused-ring (bicyclic) bond motifs is 1. The minimum Gasteiger partial charge on any atom is -0.482 e. The van der Waals surface area contributed by atoms with Crippen LogP contribution in [0.3, 0.4) is 0 Å². The number of benzene rings is 2. The zero-order chi connectivity index (χ0) is 20.4. The second-order valence-electron chi connectivity index (χ2n) is 6.33. The molecule has 9 nitrogen and oxygen atoms in total. The molecule has 4 rings (SSSR count). The van der Waals surface area contributed by atoms with Crippen molar-refractivity contribution >= 4 is 27.3 Å². The summed E-state index contributed by atoms with van der Waals surface area (Å²) in [7, 11) is -3.85. The van der Waals surface area contributed by atoms with Crippen LogP contribution in [0.15, 0.2) is 57.9 Å². The highest BCUT2D eigenvalue weighted by molar-refractivity contribution is 7.92. The van der Waals surface area contributed by atoms with Crippen molar-refractivity contribution < 1.29 is 22.5 Å². The van der Waals surface area contributed by atoms with E-state index in [-0.39, 0.29) is 24.0 Å². The normalized spacial score (nSPS) is 13.7. The summed E-state index contributed by atoms with van der Waals surface area (Å²) >= 11 is 0. The summed E-state index contributed by atoms with van der Waals surface area (Å²) in [5, 5.41) is 3.86. The maximum atomic E-state index is 12.8. The first kappa shape index (κ1) is 18.9. The van der Waals surface area contributed by atoms with Crippen molar-refractivity contribution in [1.82, 2.24) is 10.1 Å². The standard InChI is InChI=1S/C19H18N4O5S/c1-2-18-20-17(21-28-18)11-23-15-10-14(8-9-16(15)27-12-19(23)24)29(25,26)22-13-6-4-3-5-7-13/h3-10,22H,2,11-12H2,1H3. The van der Waals surface area contributed by atoms with Gasteiger partial charge in [-0.05, 0) is 30.3 Å². The van der Waals surface area contributed by atoms with Gasteiger partial charge in [0.2, 0.25) is 5.89 Å². The third-order valence-electron chi connectivity index (χ3n) is 4.32. The Balaban J connectivity index is 1.66. The predicted molar refractivity (Wildman–Crippen MR) is 104 cm³/mol. The molecule has 10 heteroatoms. The summed E-state index contributed by atoms with van der Waals surface area (Å²) in [4.78, 5) is 18.1. The van der Waals surface area contributed by atoms with Crippen molar-refractivity contribution in [3.63, 3.8) is 0 Å². The molecule has 0 saturated heterocycles. The Hall–Kier alpha value is -3.40. The number of nitrogens with zero attached hydrogens (tertiary/aromatic N) is 3. The van der Waals surface area contributed by atoms with Gasteiger partial charge in [0.05, 0.1) is 17.1 Å². The molecular weight excluding hydrogens is 396 g/mol. The van der Waals surface area contributed by atoms with Crippen LogP contribution in [0.4, 0.5) is 11.4 Å². The van der Waals surface area contributed by atoms with E-state index in [4.69, 9.17) is 9.26 Å². The van der Waals surface area contributed by atoms with Gasteiger partial charge >= 0.3 is 0 Å². The van der Waals surface area contributed by atoms with E-state index in [1.54, 1.807) is 30.3 Å². The van der Waals surface area contributed by atoms with Crippen molar-refractivity contribution in [2.24, 2.45) is 0 Å². The summed E-state index contributed by atoms with van der Waals surface area (Å²) in [5.74, 6) is 0.872. The van der Waals surface area contributed by atoms with Crippen LogP contribution >= 0.6 is 0 Å². The third kappa shape index (κ3) is 3.92. The van der Waals surface area contributed by atoms with Gasteiger partial charge in [-0.3, -0.25) is 14.4 Å². The van der Waals surface area contributed by atoms with E-state index in [0.717, 1.165) is 0 Å². The van der Waals surface area contributed by atoms with Crippen LogP contribution < -0.4 is 14.4 Å². The Bertz CT molecular complexity index is 1140.